The van der Waals surface area contributed by atoms with Gasteiger partial charge in [0.05, 0.1) is 61.0 Å². The third kappa shape index (κ3) is 12.0. The van der Waals surface area contributed by atoms with Gasteiger partial charge in [0, 0.05) is 91.9 Å². The molecule has 378 valence electrons. The normalized spacial score (nSPS) is 17.8. The number of aryl methyl sites for hydroxylation is 2. The van der Waals surface area contributed by atoms with Gasteiger partial charge in [-0.2, -0.15) is 5.10 Å². The summed E-state index contributed by atoms with van der Waals surface area (Å²) in [7, 11) is 0. The number of hydrogen-bond acceptors (Lipinski definition) is 12. The van der Waals surface area contributed by atoms with Crippen LogP contribution >= 0.6 is 11.3 Å². The van der Waals surface area contributed by atoms with Crippen molar-refractivity contribution < 1.29 is 37.8 Å². The second-order valence-corrected chi connectivity index (χ2v) is 20.7. The van der Waals surface area contributed by atoms with Crippen LogP contribution in [0.3, 0.4) is 0 Å². The number of nitrogens with one attached hydrogen (secondary N) is 2. The first-order valence-electron chi connectivity index (χ1n) is 24.5. The lowest BCUT2D eigenvalue weighted by molar-refractivity contribution is -0.176. The number of carbonyl (C=O) groups is 4. The number of benzene rings is 2. The third-order valence-electron chi connectivity index (χ3n) is 13.5. The van der Waals surface area contributed by atoms with Crippen LogP contribution in [0.2, 0.25) is 0 Å². The quantitative estimate of drug-likeness (QED) is 0.110. The minimum atomic E-state index is -2.77. The third-order valence-corrected chi connectivity index (χ3v) is 14.5. The van der Waals surface area contributed by atoms with Gasteiger partial charge in [0.1, 0.15) is 5.82 Å². The van der Waals surface area contributed by atoms with Crippen molar-refractivity contribution >= 4 is 47.0 Å². The molecule has 4 aliphatic heterocycles. The molecule has 5 aliphatic rings. The Balaban J connectivity index is 0.000000282. The molecule has 5 aromatic rings. The summed E-state index contributed by atoms with van der Waals surface area (Å²) >= 11 is 1.64. The molecule has 10 rings (SSSR count). The maximum Gasteiger partial charge on any atom is 0.264 e. The minimum absolute atomic E-state index is 0.000231. The Kier molecular flexibility index (Phi) is 16.2. The Morgan fingerprint density at radius 1 is 0.986 bits per heavy atom. The number of aliphatic hydroxyl groups excluding tert-OH is 1. The van der Waals surface area contributed by atoms with E-state index in [-0.39, 0.29) is 54.2 Å². The van der Waals surface area contributed by atoms with Crippen LogP contribution in [-0.4, -0.2) is 116 Å². The molecule has 1 unspecified atom stereocenters. The summed E-state index contributed by atoms with van der Waals surface area (Å²) in [6.07, 6.45) is 4.84. The van der Waals surface area contributed by atoms with Crippen LogP contribution in [0, 0.1) is 18.3 Å². The summed E-state index contributed by atoms with van der Waals surface area (Å²) in [4.78, 5) is 66.8. The molecule has 71 heavy (non-hydrogen) atoms. The number of amides is 4. The SMILES string of the molecule is CC(=O)N1CCc2c(c(N3CCCc4cc(-c5cnc(CC(=O)NCC(=O)N6CCC(O)C6)nc5)c(C(F)F)cc43)nn2C2CC3(COC3)C2)C1.CC(C)C.Cc1ncsc1-c1ccc(CNC=O)cc1. The number of fused-ring (bicyclic) bond motifs is 2. The highest BCUT2D eigenvalue weighted by Crippen LogP contribution is 2.54. The zero-order valence-corrected chi connectivity index (χ0v) is 41.9. The van der Waals surface area contributed by atoms with Gasteiger partial charge in [-0.05, 0) is 79.3 Å². The predicted molar refractivity (Wildman–Crippen MR) is 266 cm³/mol. The number of nitrogens with zero attached hydrogens (tertiary/aromatic N) is 8. The van der Waals surface area contributed by atoms with E-state index in [1.165, 1.54) is 27.7 Å². The van der Waals surface area contributed by atoms with Gasteiger partial charge in [0.25, 0.3) is 6.43 Å². The molecule has 1 saturated carbocycles. The van der Waals surface area contributed by atoms with Crippen molar-refractivity contribution in [2.75, 3.05) is 50.8 Å². The zero-order chi connectivity index (χ0) is 50.4. The van der Waals surface area contributed by atoms with E-state index in [0.717, 1.165) is 72.3 Å². The highest BCUT2D eigenvalue weighted by molar-refractivity contribution is 7.13. The van der Waals surface area contributed by atoms with E-state index < -0.39 is 18.4 Å². The fourth-order valence-corrected chi connectivity index (χ4v) is 10.6. The molecule has 3 N–H and O–H groups in total. The van der Waals surface area contributed by atoms with Gasteiger partial charge in [-0.15, -0.1) is 11.3 Å². The second kappa shape index (κ2) is 22.5. The second-order valence-electron chi connectivity index (χ2n) is 19.9. The van der Waals surface area contributed by atoms with Crippen molar-refractivity contribution in [1.29, 1.82) is 0 Å². The van der Waals surface area contributed by atoms with E-state index in [0.29, 0.717) is 75.2 Å². The van der Waals surface area contributed by atoms with Crippen molar-refractivity contribution in [2.45, 2.75) is 111 Å². The molecule has 0 radical (unpaired) electrons. The molecule has 19 heteroatoms. The molecular weight excluding hydrogens is 931 g/mol. The van der Waals surface area contributed by atoms with E-state index in [1.807, 2.05) is 29.5 Å². The Morgan fingerprint density at radius 2 is 1.72 bits per heavy atom. The smallest absolute Gasteiger partial charge is 0.264 e. The van der Waals surface area contributed by atoms with Gasteiger partial charge < -0.3 is 35.2 Å². The molecule has 7 heterocycles. The number of ether oxygens (including phenoxy) is 1. The largest absolute Gasteiger partial charge is 0.391 e. The maximum absolute atomic E-state index is 14.8. The number of alkyl halides is 2. The Morgan fingerprint density at radius 3 is 2.32 bits per heavy atom. The van der Waals surface area contributed by atoms with Crippen LogP contribution in [0.5, 0.6) is 0 Å². The lowest BCUT2D eigenvalue weighted by Gasteiger charge is -2.53. The standard InChI is InChI=1S/C36H42F2N8O5.C12H12N2OS.C4H10/c1-21(47)43-8-5-29-28(18-43)35(42-46(29)24-12-36(13-24)19-51-20-36)45-6-2-3-22-9-26(27(34(37)38)10-30(22)45)23-14-39-31(40-15-23)11-32(49)41-16-33(50)44-7-4-25(48)17-44;1-9-12(16-8-14-9)11-4-2-10(3-5-11)6-13-7-15;1-4(2)3/h9-10,14-15,24-25,34,48H,2-8,11-13,16-20H2,1H3,(H,41,49);2-5,7-8H,6H2,1H3,(H,13,15);4H,1-3H3. The molecule has 2 aromatic carbocycles. The number of carbonyl (C=O) groups excluding carboxylic acids is 4. The summed E-state index contributed by atoms with van der Waals surface area (Å²) in [5.41, 5.74) is 9.75. The van der Waals surface area contributed by atoms with E-state index in [2.05, 4.69) is 68.1 Å². The van der Waals surface area contributed by atoms with Crippen molar-refractivity contribution in [2.24, 2.45) is 11.3 Å². The van der Waals surface area contributed by atoms with Gasteiger partial charge in [-0.1, -0.05) is 45.0 Å². The van der Waals surface area contributed by atoms with Crippen LogP contribution in [0.4, 0.5) is 20.3 Å². The van der Waals surface area contributed by atoms with Crippen molar-refractivity contribution in [1.82, 2.24) is 45.2 Å². The first-order chi connectivity index (χ1) is 34.1. The van der Waals surface area contributed by atoms with E-state index in [9.17, 15) is 33.1 Å². The number of β-amino-alcohol motifs (C(OH)–C–C–N with tert-alkyl or cyclic N) is 1. The molecule has 1 spiro atoms. The van der Waals surface area contributed by atoms with Gasteiger partial charge in [0.15, 0.2) is 5.82 Å². The van der Waals surface area contributed by atoms with Gasteiger partial charge in [-0.25, -0.2) is 23.7 Å². The van der Waals surface area contributed by atoms with E-state index >= 15 is 0 Å². The fraction of sp³-hybridized carbons (Fsp3) is 0.500. The summed E-state index contributed by atoms with van der Waals surface area (Å²) in [5.74, 6) is 1.05. The predicted octanol–water partition coefficient (Wildman–Crippen LogP) is 6.90. The highest BCUT2D eigenvalue weighted by atomic mass is 32.1. The lowest BCUT2D eigenvalue weighted by Crippen LogP contribution is -2.53. The van der Waals surface area contributed by atoms with Crippen LogP contribution in [0.15, 0.2) is 54.3 Å². The molecule has 4 amide bonds. The van der Waals surface area contributed by atoms with Gasteiger partial charge in [0.2, 0.25) is 24.1 Å². The van der Waals surface area contributed by atoms with Crippen molar-refractivity contribution in [3.63, 3.8) is 0 Å². The zero-order valence-electron chi connectivity index (χ0n) is 41.1. The number of aromatic nitrogens is 5. The molecule has 0 bridgehead atoms. The number of rotatable bonds is 12. The van der Waals surface area contributed by atoms with Crippen LogP contribution in [0.1, 0.15) is 105 Å². The first-order valence-corrected chi connectivity index (χ1v) is 25.4. The van der Waals surface area contributed by atoms with Crippen LogP contribution in [0.25, 0.3) is 21.6 Å². The maximum atomic E-state index is 14.8. The summed E-state index contributed by atoms with van der Waals surface area (Å²) < 4.78 is 37.3. The van der Waals surface area contributed by atoms with Crippen LogP contribution in [-0.2, 0) is 56.3 Å². The lowest BCUT2D eigenvalue weighted by atomic mass is 9.64. The highest BCUT2D eigenvalue weighted by Gasteiger charge is 2.52. The number of thiazole rings is 1. The van der Waals surface area contributed by atoms with Crippen molar-refractivity contribution in [3.05, 3.63) is 93.8 Å². The average molecular weight is 995 g/mol. The summed E-state index contributed by atoms with van der Waals surface area (Å²) in [6.45, 7) is 14.4. The number of aliphatic hydroxyl groups is 1. The van der Waals surface area contributed by atoms with Gasteiger partial charge in [-0.3, -0.25) is 23.9 Å². The molecule has 3 aromatic heterocycles. The number of likely N-dealkylation sites (tertiary alicyclic amines) is 1. The average Bonchev–Trinajstić information content (AvgIpc) is 4.07. The molecule has 16 nitrogen and oxygen atoms in total. The summed E-state index contributed by atoms with van der Waals surface area (Å²) in [5, 5.41) is 20.0. The topological polar surface area (TPSA) is 188 Å². The Bertz CT molecular complexity index is 2680. The fourth-order valence-electron chi connectivity index (χ4n) is 9.81. The van der Waals surface area contributed by atoms with Crippen molar-refractivity contribution in [3.8, 4) is 21.6 Å². The molecule has 1 aliphatic carbocycles. The Labute approximate surface area is 417 Å². The van der Waals surface area contributed by atoms with E-state index in [1.54, 1.807) is 30.4 Å². The Hall–Kier alpha value is -6.18. The number of halogens is 2. The minimum Gasteiger partial charge on any atom is -0.391 e. The molecule has 1 atom stereocenters. The van der Waals surface area contributed by atoms with Gasteiger partial charge >= 0.3 is 0 Å². The number of hydrogen-bond donors (Lipinski definition) is 3. The van der Waals surface area contributed by atoms with E-state index in [4.69, 9.17) is 9.84 Å². The van der Waals surface area contributed by atoms with Crippen LogP contribution < -0.4 is 15.5 Å². The number of anilines is 2. The molecule has 2 saturated heterocycles. The summed E-state index contributed by atoms with van der Waals surface area (Å²) in [6, 6.07) is 11.8. The monoisotopic (exact) mass is 994 g/mol. The first kappa shape index (κ1) is 51.2. The molecule has 3 fully saturated rings. The molecular formula is C52H64F2N10O6S.